The van der Waals surface area contributed by atoms with Crippen LogP contribution in [0.2, 0.25) is 0 Å². The van der Waals surface area contributed by atoms with Gasteiger partial charge in [0.15, 0.2) is 6.61 Å². The van der Waals surface area contributed by atoms with Crippen LogP contribution in [0.5, 0.6) is 5.75 Å². The standard InChI is InChI=1S/C33H36F2N2O6/c1-33(2,3)43-30(40)18-19-36-29(39)20-42-26-14-6-22(7-15-26)31-27(16-17-28(38)21-4-8-23(34)9-5-21)32(41)37(31)25-12-10-24(35)11-13-25/h4-15,27-28,31,38H,16-20H2,1-3H3,(H,36,39). The zero-order valence-corrected chi connectivity index (χ0v) is 24.4. The van der Waals surface area contributed by atoms with Crippen LogP contribution in [0.25, 0.3) is 0 Å². The Bertz CT molecular complexity index is 1410. The predicted octanol–water partition coefficient (Wildman–Crippen LogP) is 5.41. The number of rotatable bonds is 12. The van der Waals surface area contributed by atoms with Crippen molar-refractivity contribution in [3.63, 3.8) is 0 Å². The molecule has 0 spiro atoms. The van der Waals surface area contributed by atoms with E-state index in [-0.39, 0.29) is 37.4 Å². The Morgan fingerprint density at radius 1 is 0.953 bits per heavy atom. The molecule has 1 aliphatic heterocycles. The number of anilines is 1. The molecule has 3 aromatic rings. The monoisotopic (exact) mass is 594 g/mol. The number of nitrogens with one attached hydrogen (secondary N) is 1. The van der Waals surface area contributed by atoms with Crippen molar-refractivity contribution < 1.29 is 37.7 Å². The lowest BCUT2D eigenvalue weighted by Crippen LogP contribution is -2.55. The van der Waals surface area contributed by atoms with Crippen LogP contribution in [0.15, 0.2) is 72.8 Å². The lowest BCUT2D eigenvalue weighted by atomic mass is 9.78. The van der Waals surface area contributed by atoms with E-state index in [2.05, 4.69) is 5.32 Å². The van der Waals surface area contributed by atoms with Gasteiger partial charge < -0.3 is 24.8 Å². The van der Waals surface area contributed by atoms with Crippen molar-refractivity contribution in [2.24, 2.45) is 5.92 Å². The Kier molecular flexibility index (Phi) is 10.1. The molecule has 10 heteroatoms. The summed E-state index contributed by atoms with van der Waals surface area (Å²) in [6, 6.07) is 17.9. The van der Waals surface area contributed by atoms with E-state index in [1.807, 2.05) is 0 Å². The number of amides is 2. The van der Waals surface area contributed by atoms with Gasteiger partial charge in [0.1, 0.15) is 23.0 Å². The molecule has 1 saturated heterocycles. The third kappa shape index (κ3) is 8.61. The number of aliphatic hydroxyl groups is 1. The summed E-state index contributed by atoms with van der Waals surface area (Å²) >= 11 is 0. The Balaban J connectivity index is 1.37. The van der Waals surface area contributed by atoms with Gasteiger partial charge in [-0.05, 0) is 93.3 Å². The topological polar surface area (TPSA) is 105 Å². The Morgan fingerprint density at radius 3 is 2.16 bits per heavy atom. The zero-order valence-electron chi connectivity index (χ0n) is 24.4. The van der Waals surface area contributed by atoms with Gasteiger partial charge in [-0.2, -0.15) is 0 Å². The second-order valence-corrected chi connectivity index (χ2v) is 11.4. The number of esters is 1. The summed E-state index contributed by atoms with van der Waals surface area (Å²) in [6.07, 6.45) is -0.147. The molecule has 3 unspecified atom stereocenters. The van der Waals surface area contributed by atoms with Crippen LogP contribution in [0.4, 0.5) is 14.5 Å². The number of β-lactam (4-membered cyclic amide) rings is 1. The summed E-state index contributed by atoms with van der Waals surface area (Å²) in [7, 11) is 0. The van der Waals surface area contributed by atoms with Gasteiger partial charge in [0.25, 0.3) is 5.91 Å². The first-order valence-corrected chi connectivity index (χ1v) is 14.1. The van der Waals surface area contributed by atoms with E-state index in [0.29, 0.717) is 29.8 Å². The minimum absolute atomic E-state index is 0.0461. The van der Waals surface area contributed by atoms with E-state index in [4.69, 9.17) is 9.47 Å². The number of aliphatic hydroxyl groups excluding tert-OH is 1. The van der Waals surface area contributed by atoms with Crippen molar-refractivity contribution in [3.05, 3.63) is 95.6 Å². The lowest BCUT2D eigenvalue weighted by Gasteiger charge is -2.48. The fourth-order valence-electron chi connectivity index (χ4n) is 4.95. The molecule has 228 valence electrons. The third-order valence-corrected chi connectivity index (χ3v) is 6.99. The van der Waals surface area contributed by atoms with Crippen LogP contribution in [0, 0.1) is 17.6 Å². The van der Waals surface area contributed by atoms with Crippen LogP contribution in [0.1, 0.15) is 63.3 Å². The maximum atomic E-state index is 13.6. The van der Waals surface area contributed by atoms with Crippen molar-refractivity contribution in [1.82, 2.24) is 5.32 Å². The quantitative estimate of drug-likeness (QED) is 0.215. The maximum Gasteiger partial charge on any atom is 0.308 e. The molecule has 3 aromatic carbocycles. The number of benzene rings is 3. The molecule has 1 heterocycles. The average molecular weight is 595 g/mol. The van der Waals surface area contributed by atoms with Gasteiger partial charge in [0.05, 0.1) is 24.5 Å². The normalized spacial score (nSPS) is 17.2. The van der Waals surface area contributed by atoms with Gasteiger partial charge in [0, 0.05) is 12.2 Å². The molecule has 3 atom stereocenters. The smallest absolute Gasteiger partial charge is 0.308 e. The molecular weight excluding hydrogens is 558 g/mol. The van der Waals surface area contributed by atoms with E-state index >= 15 is 0 Å². The number of hydrogen-bond acceptors (Lipinski definition) is 6. The molecule has 0 aliphatic carbocycles. The summed E-state index contributed by atoms with van der Waals surface area (Å²) in [5, 5.41) is 13.3. The van der Waals surface area contributed by atoms with Crippen LogP contribution >= 0.6 is 0 Å². The summed E-state index contributed by atoms with van der Waals surface area (Å²) in [6.45, 7) is 5.19. The highest BCUT2D eigenvalue weighted by Gasteiger charge is 2.48. The number of carbonyl (C=O) groups is 3. The highest BCUT2D eigenvalue weighted by Crippen LogP contribution is 2.46. The second kappa shape index (κ2) is 13.8. The summed E-state index contributed by atoms with van der Waals surface area (Å²) in [5.74, 6) is -1.76. The van der Waals surface area contributed by atoms with E-state index in [0.717, 1.165) is 5.56 Å². The zero-order chi connectivity index (χ0) is 31.1. The molecule has 2 amide bonds. The van der Waals surface area contributed by atoms with Crippen molar-refractivity contribution in [3.8, 4) is 5.75 Å². The van der Waals surface area contributed by atoms with Gasteiger partial charge in [-0.1, -0.05) is 24.3 Å². The Labute approximate surface area is 249 Å². The molecule has 1 fully saturated rings. The highest BCUT2D eigenvalue weighted by molar-refractivity contribution is 6.03. The van der Waals surface area contributed by atoms with Crippen molar-refractivity contribution in [2.45, 2.75) is 57.8 Å². The molecule has 2 N–H and O–H groups in total. The average Bonchev–Trinajstić information content (AvgIpc) is 2.95. The van der Waals surface area contributed by atoms with E-state index < -0.39 is 35.2 Å². The minimum Gasteiger partial charge on any atom is -0.484 e. The van der Waals surface area contributed by atoms with Crippen LogP contribution in [-0.2, 0) is 19.1 Å². The number of hydrogen-bond donors (Lipinski definition) is 2. The molecule has 0 bridgehead atoms. The van der Waals surface area contributed by atoms with Crippen molar-refractivity contribution >= 4 is 23.5 Å². The van der Waals surface area contributed by atoms with Crippen LogP contribution < -0.4 is 15.0 Å². The maximum absolute atomic E-state index is 13.6. The molecule has 0 saturated carbocycles. The number of halogens is 2. The first-order chi connectivity index (χ1) is 20.4. The van der Waals surface area contributed by atoms with Crippen molar-refractivity contribution in [2.75, 3.05) is 18.1 Å². The van der Waals surface area contributed by atoms with Crippen molar-refractivity contribution in [1.29, 1.82) is 0 Å². The summed E-state index contributed by atoms with van der Waals surface area (Å²) in [5.41, 5.74) is 1.33. The SMILES string of the molecule is CC(C)(C)OC(=O)CCNC(=O)COc1ccc(C2C(CCC(O)c3ccc(F)cc3)C(=O)N2c2ccc(F)cc2)cc1. The first kappa shape index (κ1) is 31.6. The van der Waals surface area contributed by atoms with Gasteiger partial charge in [-0.15, -0.1) is 0 Å². The first-order valence-electron chi connectivity index (χ1n) is 14.1. The predicted molar refractivity (Wildman–Crippen MR) is 156 cm³/mol. The van der Waals surface area contributed by atoms with Gasteiger partial charge in [0.2, 0.25) is 5.91 Å². The molecule has 4 rings (SSSR count). The van der Waals surface area contributed by atoms with E-state index in [9.17, 15) is 28.3 Å². The van der Waals surface area contributed by atoms with E-state index in [1.165, 1.54) is 36.4 Å². The molecule has 43 heavy (non-hydrogen) atoms. The molecule has 1 aliphatic rings. The van der Waals surface area contributed by atoms with E-state index in [1.54, 1.807) is 62.1 Å². The largest absolute Gasteiger partial charge is 0.484 e. The molecule has 0 radical (unpaired) electrons. The number of nitrogens with zero attached hydrogens (tertiary/aromatic N) is 1. The third-order valence-electron chi connectivity index (χ3n) is 6.99. The molecule has 8 nitrogen and oxygen atoms in total. The van der Waals surface area contributed by atoms with Gasteiger partial charge >= 0.3 is 5.97 Å². The Morgan fingerprint density at radius 2 is 1.56 bits per heavy atom. The van der Waals surface area contributed by atoms with Gasteiger partial charge in [-0.3, -0.25) is 14.4 Å². The van der Waals surface area contributed by atoms with Crippen LogP contribution in [-0.4, -0.2) is 41.6 Å². The highest BCUT2D eigenvalue weighted by atomic mass is 19.1. The van der Waals surface area contributed by atoms with Gasteiger partial charge in [-0.25, -0.2) is 8.78 Å². The minimum atomic E-state index is -0.861. The molecule has 0 aromatic heterocycles. The fraction of sp³-hybridized carbons (Fsp3) is 0.364. The fourth-order valence-corrected chi connectivity index (χ4v) is 4.95. The Hall–Kier alpha value is -4.31. The lowest BCUT2D eigenvalue weighted by molar-refractivity contribution is -0.154. The number of carbonyl (C=O) groups excluding carboxylic acids is 3. The summed E-state index contributed by atoms with van der Waals surface area (Å²) < 4.78 is 37.7. The van der Waals surface area contributed by atoms with Crippen LogP contribution in [0.3, 0.4) is 0 Å². The molecular formula is C33H36F2N2O6. The summed E-state index contributed by atoms with van der Waals surface area (Å²) in [4.78, 5) is 38.8. The number of ether oxygens (including phenoxy) is 2. The second-order valence-electron chi connectivity index (χ2n) is 11.4.